The molecular formula is C23H36N4O5S. The predicted octanol–water partition coefficient (Wildman–Crippen LogP) is 2.15. The third-order valence-electron chi connectivity index (χ3n) is 7.87. The van der Waals surface area contributed by atoms with Gasteiger partial charge < -0.3 is 19.9 Å². The highest BCUT2D eigenvalue weighted by molar-refractivity contribution is 7.89. The molecule has 1 aromatic heterocycles. The molecule has 1 aromatic rings. The van der Waals surface area contributed by atoms with Crippen LogP contribution in [0.1, 0.15) is 86.4 Å². The van der Waals surface area contributed by atoms with Gasteiger partial charge in [0.05, 0.1) is 11.9 Å². The number of ether oxygens (including phenoxy) is 1. The minimum atomic E-state index is -3.33. The van der Waals surface area contributed by atoms with Gasteiger partial charge in [-0.05, 0) is 64.2 Å². The summed E-state index contributed by atoms with van der Waals surface area (Å²) in [6.45, 7) is 1.48. The first-order valence-corrected chi connectivity index (χ1v) is 14.0. The van der Waals surface area contributed by atoms with Crippen molar-refractivity contribution in [1.29, 1.82) is 0 Å². The minimum Gasteiger partial charge on any atom is -0.383 e. The van der Waals surface area contributed by atoms with Crippen LogP contribution < -0.4 is 10.6 Å². The number of carbonyl (C=O) groups excluding carboxylic acids is 1. The molecule has 0 spiro atoms. The number of fused-ring (bicyclic) bond motifs is 2. The Balaban J connectivity index is 1.16. The van der Waals surface area contributed by atoms with Gasteiger partial charge in [-0.1, -0.05) is 5.16 Å². The Morgan fingerprint density at radius 3 is 2.42 bits per heavy atom. The number of nitrogens with zero attached hydrogens (tertiary/aromatic N) is 2. The van der Waals surface area contributed by atoms with Gasteiger partial charge in [0.15, 0.2) is 5.69 Å². The lowest BCUT2D eigenvalue weighted by atomic mass is 9.95. The summed E-state index contributed by atoms with van der Waals surface area (Å²) in [4.78, 5) is 12.7. The SMILES string of the molecule is COCCN[C@H]1CC[C@@H](S(=O)(=O)N2[C@@H]3CC[C@H]2C[C@@H](NC(=O)c2cc(C4CC4)on2)C3)CC1. The summed E-state index contributed by atoms with van der Waals surface area (Å²) >= 11 is 0. The molecule has 2 aliphatic heterocycles. The number of aromatic nitrogens is 1. The Labute approximate surface area is 196 Å². The summed E-state index contributed by atoms with van der Waals surface area (Å²) in [7, 11) is -1.64. The Kier molecular flexibility index (Phi) is 6.79. The molecule has 9 nitrogen and oxygen atoms in total. The van der Waals surface area contributed by atoms with Crippen molar-refractivity contribution in [2.45, 2.75) is 99.5 Å². The van der Waals surface area contributed by atoms with E-state index in [0.29, 0.717) is 49.9 Å². The second-order valence-electron chi connectivity index (χ2n) is 10.2. The number of hydrogen-bond acceptors (Lipinski definition) is 7. The highest BCUT2D eigenvalue weighted by atomic mass is 32.2. The van der Waals surface area contributed by atoms with Gasteiger partial charge in [0.1, 0.15) is 5.76 Å². The first-order chi connectivity index (χ1) is 16.0. The van der Waals surface area contributed by atoms with E-state index >= 15 is 0 Å². The van der Waals surface area contributed by atoms with Crippen LogP contribution in [0.25, 0.3) is 0 Å². The Morgan fingerprint density at radius 2 is 1.79 bits per heavy atom. The molecule has 33 heavy (non-hydrogen) atoms. The molecule has 3 heterocycles. The number of amides is 1. The molecule has 2 bridgehead atoms. The van der Waals surface area contributed by atoms with Gasteiger partial charge in [0.2, 0.25) is 10.0 Å². The van der Waals surface area contributed by atoms with E-state index in [1.165, 1.54) is 0 Å². The Morgan fingerprint density at radius 1 is 1.09 bits per heavy atom. The zero-order valence-corrected chi connectivity index (χ0v) is 20.2. The van der Waals surface area contributed by atoms with E-state index in [4.69, 9.17) is 9.26 Å². The molecule has 4 aliphatic rings. The lowest BCUT2D eigenvalue weighted by Gasteiger charge is -2.41. The molecule has 10 heteroatoms. The quantitative estimate of drug-likeness (QED) is 0.521. The lowest BCUT2D eigenvalue weighted by Crippen LogP contribution is -2.55. The molecule has 2 saturated carbocycles. The number of hydrogen-bond donors (Lipinski definition) is 2. The summed E-state index contributed by atoms with van der Waals surface area (Å²) in [6, 6.07) is 2.07. The van der Waals surface area contributed by atoms with Gasteiger partial charge >= 0.3 is 0 Å². The number of piperidine rings is 1. The van der Waals surface area contributed by atoms with Crippen molar-refractivity contribution >= 4 is 15.9 Å². The van der Waals surface area contributed by atoms with Crippen molar-refractivity contribution in [3.63, 3.8) is 0 Å². The minimum absolute atomic E-state index is 0.0177. The van der Waals surface area contributed by atoms with Gasteiger partial charge in [0, 0.05) is 49.8 Å². The van der Waals surface area contributed by atoms with E-state index in [9.17, 15) is 13.2 Å². The third-order valence-corrected chi connectivity index (χ3v) is 10.4. The van der Waals surface area contributed by atoms with E-state index < -0.39 is 10.0 Å². The first-order valence-electron chi connectivity index (χ1n) is 12.5. The highest BCUT2D eigenvalue weighted by Gasteiger charge is 2.49. The van der Waals surface area contributed by atoms with Crippen LogP contribution in [-0.4, -0.2) is 73.5 Å². The summed E-state index contributed by atoms with van der Waals surface area (Å²) in [5, 5.41) is 10.2. The van der Waals surface area contributed by atoms with Crippen LogP contribution in [0.5, 0.6) is 0 Å². The van der Waals surface area contributed by atoms with Crippen molar-refractivity contribution in [1.82, 2.24) is 20.1 Å². The second-order valence-corrected chi connectivity index (χ2v) is 12.3. The monoisotopic (exact) mass is 480 g/mol. The number of methoxy groups -OCH3 is 1. The lowest BCUT2D eigenvalue weighted by molar-refractivity contribution is 0.0899. The second kappa shape index (κ2) is 9.64. The summed E-state index contributed by atoms with van der Waals surface area (Å²) in [5.74, 6) is 0.995. The van der Waals surface area contributed by atoms with Crippen molar-refractivity contribution < 1.29 is 22.5 Å². The molecule has 0 radical (unpaired) electrons. The molecule has 0 unspecified atom stereocenters. The molecule has 3 atom stereocenters. The predicted molar refractivity (Wildman–Crippen MR) is 122 cm³/mol. The van der Waals surface area contributed by atoms with Gasteiger partial charge in [-0.2, -0.15) is 4.31 Å². The van der Waals surface area contributed by atoms with E-state index in [2.05, 4.69) is 15.8 Å². The van der Waals surface area contributed by atoms with Crippen LogP contribution in [0.4, 0.5) is 0 Å². The maximum Gasteiger partial charge on any atom is 0.273 e. The zero-order chi connectivity index (χ0) is 23.0. The van der Waals surface area contributed by atoms with Crippen LogP contribution in [0.15, 0.2) is 10.6 Å². The summed E-state index contributed by atoms with van der Waals surface area (Å²) in [5.41, 5.74) is 0.329. The maximum atomic E-state index is 13.6. The van der Waals surface area contributed by atoms with Gasteiger partial charge in [0.25, 0.3) is 5.91 Å². The van der Waals surface area contributed by atoms with Crippen LogP contribution in [-0.2, 0) is 14.8 Å². The van der Waals surface area contributed by atoms with E-state index in [-0.39, 0.29) is 29.3 Å². The number of sulfonamides is 1. The fourth-order valence-electron chi connectivity index (χ4n) is 5.99. The van der Waals surface area contributed by atoms with Crippen molar-refractivity contribution in [2.75, 3.05) is 20.3 Å². The zero-order valence-electron chi connectivity index (χ0n) is 19.4. The van der Waals surface area contributed by atoms with E-state index in [1.807, 2.05) is 4.31 Å². The van der Waals surface area contributed by atoms with Crippen molar-refractivity contribution in [3.8, 4) is 0 Å². The molecule has 2 N–H and O–H groups in total. The van der Waals surface area contributed by atoms with Crippen LogP contribution in [0.3, 0.4) is 0 Å². The first kappa shape index (κ1) is 23.3. The van der Waals surface area contributed by atoms with E-state index in [0.717, 1.165) is 50.8 Å². The van der Waals surface area contributed by atoms with Gasteiger partial charge in [-0.25, -0.2) is 8.42 Å². The maximum absolute atomic E-state index is 13.6. The molecule has 0 aromatic carbocycles. The smallest absolute Gasteiger partial charge is 0.273 e. The average Bonchev–Trinajstić information content (AvgIpc) is 3.46. The molecule has 2 saturated heterocycles. The molecular weight excluding hydrogens is 444 g/mol. The number of carbonyl (C=O) groups is 1. The topological polar surface area (TPSA) is 114 Å². The van der Waals surface area contributed by atoms with Gasteiger partial charge in [-0.15, -0.1) is 0 Å². The van der Waals surface area contributed by atoms with Crippen LogP contribution >= 0.6 is 0 Å². The fraction of sp³-hybridized carbons (Fsp3) is 0.826. The molecule has 184 valence electrons. The largest absolute Gasteiger partial charge is 0.383 e. The summed E-state index contributed by atoms with van der Waals surface area (Å²) < 4.78 is 39.4. The molecule has 5 rings (SSSR count). The highest BCUT2D eigenvalue weighted by Crippen LogP contribution is 2.42. The molecule has 4 fully saturated rings. The number of rotatable bonds is 9. The van der Waals surface area contributed by atoms with Gasteiger partial charge in [-0.3, -0.25) is 4.79 Å². The van der Waals surface area contributed by atoms with Crippen molar-refractivity contribution in [3.05, 3.63) is 17.5 Å². The van der Waals surface area contributed by atoms with Crippen LogP contribution in [0, 0.1) is 0 Å². The summed E-state index contributed by atoms with van der Waals surface area (Å²) in [6.07, 6.45) is 8.46. The Bertz CT molecular complexity index is 924. The molecule has 2 aliphatic carbocycles. The fourth-order valence-corrected chi connectivity index (χ4v) is 8.41. The normalized spacial score (nSPS) is 32.7. The average molecular weight is 481 g/mol. The van der Waals surface area contributed by atoms with E-state index in [1.54, 1.807) is 13.2 Å². The van der Waals surface area contributed by atoms with Crippen molar-refractivity contribution in [2.24, 2.45) is 0 Å². The van der Waals surface area contributed by atoms with Crippen LogP contribution in [0.2, 0.25) is 0 Å². The third kappa shape index (κ3) is 4.99. The Hall–Kier alpha value is -1.49. The number of nitrogens with one attached hydrogen (secondary N) is 2. The standard InChI is InChI=1S/C23H36N4O5S/c1-31-11-10-24-16-4-8-20(9-5-16)33(29,30)27-18-6-7-19(27)13-17(12-18)25-23(28)21-14-22(32-26-21)15-2-3-15/h14-20,24H,2-13H2,1H3,(H,25,28)/t16-,17-,18+,19-,20+. The molecule has 1 amide bonds.